The predicted octanol–water partition coefficient (Wildman–Crippen LogP) is 1.23. The molecule has 30 heavy (non-hydrogen) atoms. The molecule has 1 aromatic carbocycles. The van der Waals surface area contributed by atoms with Crippen LogP contribution in [0.2, 0.25) is 0 Å². The van der Waals surface area contributed by atoms with Crippen molar-refractivity contribution in [1.29, 1.82) is 0 Å². The Bertz CT molecular complexity index is 831. The largest absolute Gasteiger partial charge is 0.497 e. The number of nitrogens with one attached hydrogen (secondary N) is 2. The van der Waals surface area contributed by atoms with Crippen molar-refractivity contribution in [1.82, 2.24) is 20.4 Å². The van der Waals surface area contributed by atoms with Crippen molar-refractivity contribution in [2.24, 2.45) is 0 Å². The maximum Gasteiger partial charge on any atom is 0.325 e. The van der Waals surface area contributed by atoms with E-state index >= 15 is 0 Å². The Hall–Kier alpha value is -3.10. The minimum Gasteiger partial charge on any atom is -0.497 e. The Balaban J connectivity index is 2.11. The van der Waals surface area contributed by atoms with Crippen molar-refractivity contribution in [2.45, 2.75) is 45.7 Å². The van der Waals surface area contributed by atoms with Gasteiger partial charge in [-0.1, -0.05) is 12.1 Å². The molecule has 1 heterocycles. The molecule has 0 bridgehead atoms. The minimum absolute atomic E-state index is 0.147. The van der Waals surface area contributed by atoms with Crippen LogP contribution in [0.3, 0.4) is 0 Å². The zero-order valence-electron chi connectivity index (χ0n) is 18.4. The normalized spacial score (nSPS) is 18.8. The molecule has 9 nitrogen and oxygen atoms in total. The van der Waals surface area contributed by atoms with Gasteiger partial charge in [0.25, 0.3) is 5.91 Å². The standard InChI is InChI=1S/C21H30N4O5/c1-7-24(12-16(26)22-20(2,3)4)17(27)13-25-18(28)21(5,23-19(25)29)14-8-10-15(30-6)11-9-14/h8-11H,7,12-13H2,1-6H3,(H,22,26)(H,23,29). The fourth-order valence-electron chi connectivity index (χ4n) is 3.20. The quantitative estimate of drug-likeness (QED) is 0.648. The van der Waals surface area contributed by atoms with Crippen molar-refractivity contribution < 1.29 is 23.9 Å². The second kappa shape index (κ2) is 8.73. The Morgan fingerprint density at radius 2 is 1.80 bits per heavy atom. The van der Waals surface area contributed by atoms with Crippen LogP contribution >= 0.6 is 0 Å². The van der Waals surface area contributed by atoms with E-state index < -0.39 is 35.5 Å². The van der Waals surface area contributed by atoms with Gasteiger partial charge in [0.05, 0.1) is 13.7 Å². The highest BCUT2D eigenvalue weighted by molar-refractivity contribution is 6.09. The van der Waals surface area contributed by atoms with Crippen molar-refractivity contribution in [3.8, 4) is 5.75 Å². The van der Waals surface area contributed by atoms with Gasteiger partial charge in [0.15, 0.2) is 0 Å². The number of amides is 5. The summed E-state index contributed by atoms with van der Waals surface area (Å²) in [4.78, 5) is 52.6. The highest BCUT2D eigenvalue weighted by Gasteiger charge is 2.49. The van der Waals surface area contributed by atoms with Crippen LogP contribution in [-0.4, -0.2) is 65.8 Å². The number of likely N-dealkylation sites (N-methyl/N-ethyl adjacent to an activating group) is 1. The molecule has 0 spiro atoms. The molecule has 0 aromatic heterocycles. The topological polar surface area (TPSA) is 108 Å². The Labute approximate surface area is 176 Å². The predicted molar refractivity (Wildman–Crippen MR) is 111 cm³/mol. The summed E-state index contributed by atoms with van der Waals surface area (Å²) in [6.07, 6.45) is 0. The van der Waals surface area contributed by atoms with Gasteiger partial charge in [-0.3, -0.25) is 19.3 Å². The van der Waals surface area contributed by atoms with E-state index in [2.05, 4.69) is 10.6 Å². The smallest absolute Gasteiger partial charge is 0.325 e. The summed E-state index contributed by atoms with van der Waals surface area (Å²) in [5.74, 6) is -0.693. The number of carbonyl (C=O) groups excluding carboxylic acids is 4. The molecule has 5 amide bonds. The number of nitrogens with zero attached hydrogens (tertiary/aromatic N) is 2. The Morgan fingerprint density at radius 1 is 1.20 bits per heavy atom. The first kappa shape index (κ1) is 23.2. The second-order valence-corrected chi connectivity index (χ2v) is 8.38. The highest BCUT2D eigenvalue weighted by atomic mass is 16.5. The molecule has 9 heteroatoms. The average molecular weight is 418 g/mol. The lowest BCUT2D eigenvalue weighted by Gasteiger charge is -2.26. The van der Waals surface area contributed by atoms with E-state index in [1.54, 1.807) is 38.1 Å². The van der Waals surface area contributed by atoms with Crippen LogP contribution in [0, 0.1) is 0 Å². The summed E-state index contributed by atoms with van der Waals surface area (Å²) >= 11 is 0. The zero-order valence-corrected chi connectivity index (χ0v) is 18.4. The number of carbonyl (C=O) groups is 4. The molecule has 1 aliphatic rings. The maximum absolute atomic E-state index is 13.0. The first-order chi connectivity index (χ1) is 13.9. The molecule has 1 unspecified atom stereocenters. The SMILES string of the molecule is CCN(CC(=O)NC(C)(C)C)C(=O)CN1C(=O)NC(C)(c2ccc(OC)cc2)C1=O. The van der Waals surface area contributed by atoms with Crippen molar-refractivity contribution in [3.05, 3.63) is 29.8 Å². The van der Waals surface area contributed by atoms with Crippen LogP contribution in [0.25, 0.3) is 0 Å². The van der Waals surface area contributed by atoms with Gasteiger partial charge in [-0.15, -0.1) is 0 Å². The van der Waals surface area contributed by atoms with E-state index in [-0.39, 0.29) is 19.0 Å². The van der Waals surface area contributed by atoms with Crippen LogP contribution in [0.5, 0.6) is 5.75 Å². The van der Waals surface area contributed by atoms with E-state index in [1.807, 2.05) is 20.8 Å². The molecule has 1 atom stereocenters. The number of hydrogen-bond donors (Lipinski definition) is 2. The van der Waals surface area contributed by atoms with Gasteiger partial charge in [-0.2, -0.15) is 0 Å². The monoisotopic (exact) mass is 418 g/mol. The summed E-state index contributed by atoms with van der Waals surface area (Å²) < 4.78 is 5.12. The molecule has 1 saturated heterocycles. The third-order valence-corrected chi connectivity index (χ3v) is 4.82. The van der Waals surface area contributed by atoms with Crippen LogP contribution in [0.4, 0.5) is 4.79 Å². The van der Waals surface area contributed by atoms with Crippen LogP contribution < -0.4 is 15.4 Å². The van der Waals surface area contributed by atoms with E-state index in [1.165, 1.54) is 12.0 Å². The number of benzene rings is 1. The summed E-state index contributed by atoms with van der Waals surface area (Å²) in [7, 11) is 1.54. The van der Waals surface area contributed by atoms with Gasteiger partial charge in [-0.25, -0.2) is 4.79 Å². The number of hydrogen-bond acceptors (Lipinski definition) is 5. The van der Waals surface area contributed by atoms with Gasteiger partial charge < -0.3 is 20.3 Å². The molecule has 0 saturated carbocycles. The lowest BCUT2D eigenvalue weighted by atomic mass is 9.92. The molecule has 0 radical (unpaired) electrons. The first-order valence-electron chi connectivity index (χ1n) is 9.78. The van der Waals surface area contributed by atoms with Crippen molar-refractivity contribution in [3.63, 3.8) is 0 Å². The number of urea groups is 1. The van der Waals surface area contributed by atoms with Crippen molar-refractivity contribution >= 4 is 23.8 Å². The summed E-state index contributed by atoms with van der Waals surface area (Å²) in [6, 6.07) is 6.12. The van der Waals surface area contributed by atoms with Crippen LogP contribution in [0.15, 0.2) is 24.3 Å². The fraction of sp³-hybridized carbons (Fsp3) is 0.524. The summed E-state index contributed by atoms with van der Waals surface area (Å²) in [6.45, 7) is 8.54. The number of ether oxygens (including phenoxy) is 1. The third kappa shape index (κ3) is 5.08. The molecule has 164 valence electrons. The van der Waals surface area contributed by atoms with E-state index in [9.17, 15) is 19.2 Å². The minimum atomic E-state index is -1.29. The molecular formula is C21H30N4O5. The molecular weight excluding hydrogens is 388 g/mol. The maximum atomic E-state index is 13.0. The average Bonchev–Trinajstić information content (AvgIpc) is 2.88. The molecule has 0 aliphatic carbocycles. The Morgan fingerprint density at radius 3 is 2.30 bits per heavy atom. The van der Waals surface area contributed by atoms with Crippen LogP contribution in [0.1, 0.15) is 40.2 Å². The first-order valence-corrected chi connectivity index (χ1v) is 9.78. The van der Waals surface area contributed by atoms with E-state index in [0.29, 0.717) is 11.3 Å². The molecule has 2 rings (SSSR count). The molecule has 1 aliphatic heterocycles. The fourth-order valence-corrected chi connectivity index (χ4v) is 3.20. The summed E-state index contributed by atoms with van der Waals surface area (Å²) in [5, 5.41) is 5.46. The van der Waals surface area contributed by atoms with Crippen LogP contribution in [-0.2, 0) is 19.9 Å². The second-order valence-electron chi connectivity index (χ2n) is 8.38. The van der Waals surface area contributed by atoms with Gasteiger partial charge >= 0.3 is 6.03 Å². The number of methoxy groups -OCH3 is 1. The van der Waals surface area contributed by atoms with Crippen molar-refractivity contribution in [2.75, 3.05) is 26.7 Å². The van der Waals surface area contributed by atoms with Gasteiger partial charge in [0.2, 0.25) is 11.8 Å². The highest BCUT2D eigenvalue weighted by Crippen LogP contribution is 2.30. The van der Waals surface area contributed by atoms with E-state index in [4.69, 9.17) is 4.74 Å². The molecule has 2 N–H and O–H groups in total. The number of imide groups is 1. The van der Waals surface area contributed by atoms with Gasteiger partial charge in [0.1, 0.15) is 17.8 Å². The molecule has 1 aromatic rings. The lowest BCUT2D eigenvalue weighted by Crippen LogP contribution is -2.50. The zero-order chi connectivity index (χ0) is 22.7. The lowest BCUT2D eigenvalue weighted by molar-refractivity contribution is -0.140. The molecule has 1 fully saturated rings. The number of rotatable bonds is 7. The third-order valence-electron chi connectivity index (χ3n) is 4.82. The van der Waals surface area contributed by atoms with E-state index in [0.717, 1.165) is 4.90 Å². The Kier molecular flexibility index (Phi) is 6.74. The van der Waals surface area contributed by atoms with Gasteiger partial charge in [0, 0.05) is 12.1 Å². The van der Waals surface area contributed by atoms with Gasteiger partial charge in [-0.05, 0) is 52.3 Å². The summed E-state index contributed by atoms with van der Waals surface area (Å²) in [5.41, 5.74) is -1.14.